The minimum atomic E-state index is -0.918. The number of Topliss-reactive ketones (excluding diaryl/α,β-unsaturated/α-hetero) is 1. The first-order chi connectivity index (χ1) is 14.6. The number of carboxylic acids is 1. The molecule has 30 heavy (non-hydrogen) atoms. The van der Waals surface area contributed by atoms with Gasteiger partial charge in [-0.25, -0.2) is 4.79 Å². The Labute approximate surface area is 176 Å². The maximum atomic E-state index is 13.0. The van der Waals surface area contributed by atoms with E-state index in [0.717, 1.165) is 23.2 Å². The minimum Gasteiger partial charge on any atom is -0.478 e. The third kappa shape index (κ3) is 4.50. The number of piperidine rings is 1. The summed E-state index contributed by atoms with van der Waals surface area (Å²) in [7, 11) is 0. The minimum absolute atomic E-state index is 0.0251. The molecular weight excluding hydrogens is 374 g/mol. The number of carboxylic acid groups (broad SMARTS) is 1. The van der Waals surface area contributed by atoms with Crippen molar-refractivity contribution in [2.24, 2.45) is 5.92 Å². The Morgan fingerprint density at radius 3 is 2.00 bits per heavy atom. The lowest BCUT2D eigenvalue weighted by Crippen LogP contribution is -2.43. The summed E-state index contributed by atoms with van der Waals surface area (Å²) in [5.74, 6) is -0.692. The van der Waals surface area contributed by atoms with Crippen LogP contribution in [-0.2, 0) is 11.3 Å². The molecule has 4 nitrogen and oxygen atoms in total. The molecule has 1 aliphatic heterocycles. The highest BCUT2D eigenvalue weighted by atomic mass is 16.4. The molecule has 0 spiro atoms. The van der Waals surface area contributed by atoms with E-state index in [1.807, 2.05) is 48.5 Å². The number of carbonyl (C=O) groups excluding carboxylic acids is 1. The number of aromatic carboxylic acids is 1. The van der Waals surface area contributed by atoms with E-state index in [1.54, 1.807) is 12.1 Å². The van der Waals surface area contributed by atoms with E-state index in [1.165, 1.54) is 0 Å². The van der Waals surface area contributed by atoms with Gasteiger partial charge in [-0.3, -0.25) is 9.69 Å². The monoisotopic (exact) mass is 399 g/mol. The lowest BCUT2D eigenvalue weighted by atomic mass is 9.76. The molecule has 0 saturated carbocycles. The summed E-state index contributed by atoms with van der Waals surface area (Å²) in [5, 5.41) is 9.09. The maximum absolute atomic E-state index is 13.0. The number of benzene rings is 3. The highest BCUT2D eigenvalue weighted by molar-refractivity contribution is 5.87. The van der Waals surface area contributed by atoms with Gasteiger partial charge in [0.1, 0.15) is 5.78 Å². The fraction of sp³-hybridized carbons (Fsp3) is 0.231. The van der Waals surface area contributed by atoms with Crippen molar-refractivity contribution in [3.8, 4) is 0 Å². The van der Waals surface area contributed by atoms with E-state index in [9.17, 15) is 9.59 Å². The predicted octanol–water partition coefficient (Wildman–Crippen LogP) is 4.61. The van der Waals surface area contributed by atoms with Crippen molar-refractivity contribution in [2.75, 3.05) is 13.1 Å². The lowest BCUT2D eigenvalue weighted by molar-refractivity contribution is -0.126. The Balaban J connectivity index is 1.58. The molecule has 1 heterocycles. The lowest BCUT2D eigenvalue weighted by Gasteiger charge is -2.36. The second kappa shape index (κ2) is 9.06. The molecule has 4 rings (SSSR count). The predicted molar refractivity (Wildman–Crippen MR) is 117 cm³/mol. The first kappa shape index (κ1) is 20.0. The van der Waals surface area contributed by atoms with Crippen molar-refractivity contribution in [1.29, 1.82) is 0 Å². The summed E-state index contributed by atoms with van der Waals surface area (Å²) in [5.41, 5.74) is 3.67. The number of hydrogen-bond donors (Lipinski definition) is 1. The van der Waals surface area contributed by atoms with Gasteiger partial charge in [-0.05, 0) is 28.8 Å². The second-order valence-corrected chi connectivity index (χ2v) is 7.86. The molecule has 0 aromatic heterocycles. The zero-order chi connectivity index (χ0) is 20.9. The third-order valence-electron chi connectivity index (χ3n) is 5.87. The van der Waals surface area contributed by atoms with Gasteiger partial charge < -0.3 is 5.11 Å². The Morgan fingerprint density at radius 2 is 1.47 bits per heavy atom. The smallest absolute Gasteiger partial charge is 0.335 e. The average molecular weight is 399 g/mol. The van der Waals surface area contributed by atoms with E-state index in [-0.39, 0.29) is 11.8 Å². The molecule has 152 valence electrons. The van der Waals surface area contributed by atoms with E-state index in [0.29, 0.717) is 30.9 Å². The number of carbonyl (C=O) groups is 2. The summed E-state index contributed by atoms with van der Waals surface area (Å²) in [6.45, 7) is 2.13. The van der Waals surface area contributed by atoms with E-state index in [4.69, 9.17) is 5.11 Å². The van der Waals surface area contributed by atoms with Gasteiger partial charge in [-0.1, -0.05) is 72.8 Å². The van der Waals surface area contributed by atoms with E-state index < -0.39 is 5.97 Å². The number of nitrogens with zero attached hydrogens (tertiary/aromatic N) is 1. The van der Waals surface area contributed by atoms with Crippen molar-refractivity contribution in [3.05, 3.63) is 107 Å². The summed E-state index contributed by atoms with van der Waals surface area (Å²) >= 11 is 0. The number of rotatable bonds is 6. The molecule has 1 fully saturated rings. The van der Waals surface area contributed by atoms with Crippen molar-refractivity contribution >= 4 is 11.8 Å². The third-order valence-corrected chi connectivity index (χ3v) is 5.87. The van der Waals surface area contributed by atoms with Crippen LogP contribution in [0, 0.1) is 5.92 Å². The van der Waals surface area contributed by atoms with Gasteiger partial charge in [-0.15, -0.1) is 0 Å². The highest BCUT2D eigenvalue weighted by Crippen LogP contribution is 2.35. The molecule has 0 radical (unpaired) electrons. The largest absolute Gasteiger partial charge is 0.478 e. The van der Waals surface area contributed by atoms with E-state index in [2.05, 4.69) is 29.2 Å². The Bertz CT molecular complexity index is 960. The molecule has 1 N–H and O–H groups in total. The zero-order valence-corrected chi connectivity index (χ0v) is 16.8. The molecule has 3 aromatic carbocycles. The fourth-order valence-corrected chi connectivity index (χ4v) is 4.35. The van der Waals surface area contributed by atoms with Crippen LogP contribution < -0.4 is 0 Å². The second-order valence-electron chi connectivity index (χ2n) is 7.86. The standard InChI is InChI=1S/C26H25NO3/c28-24-15-16-27(17-19-11-13-22(14-12-19)26(29)30)18-23(24)25(20-7-3-1-4-8-20)21-9-5-2-6-10-21/h1-14,23,25H,15-18H2,(H,29,30). The first-order valence-electron chi connectivity index (χ1n) is 10.3. The van der Waals surface area contributed by atoms with E-state index >= 15 is 0 Å². The van der Waals surface area contributed by atoms with Crippen molar-refractivity contribution in [3.63, 3.8) is 0 Å². The van der Waals surface area contributed by atoms with Crippen LogP contribution in [0.15, 0.2) is 84.9 Å². The van der Waals surface area contributed by atoms with Crippen molar-refractivity contribution in [1.82, 2.24) is 4.90 Å². The molecule has 1 saturated heterocycles. The summed E-state index contributed by atoms with van der Waals surface area (Å²) in [6, 6.07) is 27.5. The van der Waals surface area contributed by atoms with Gasteiger partial charge >= 0.3 is 5.97 Å². The van der Waals surface area contributed by atoms with Crippen LogP contribution in [0.2, 0.25) is 0 Å². The van der Waals surface area contributed by atoms with Crippen molar-refractivity contribution < 1.29 is 14.7 Å². The van der Waals surface area contributed by atoms with Gasteiger partial charge in [-0.2, -0.15) is 0 Å². The molecule has 4 heteroatoms. The molecule has 3 aromatic rings. The highest BCUT2D eigenvalue weighted by Gasteiger charge is 2.35. The van der Waals surface area contributed by atoms with Gasteiger partial charge in [0.2, 0.25) is 0 Å². The zero-order valence-electron chi connectivity index (χ0n) is 16.8. The first-order valence-corrected chi connectivity index (χ1v) is 10.3. The average Bonchev–Trinajstić information content (AvgIpc) is 2.78. The molecular formula is C26H25NO3. The summed E-state index contributed by atoms with van der Waals surface area (Å²) < 4.78 is 0. The molecule has 1 unspecified atom stereocenters. The Morgan fingerprint density at radius 1 is 0.900 bits per heavy atom. The SMILES string of the molecule is O=C(O)c1ccc(CN2CCC(=O)C(C(c3ccccc3)c3ccccc3)C2)cc1. The summed E-state index contributed by atoms with van der Waals surface area (Å²) in [4.78, 5) is 26.4. The molecule has 1 aliphatic rings. The van der Waals surface area contributed by atoms with Crippen molar-refractivity contribution in [2.45, 2.75) is 18.9 Å². The Kier molecular flexibility index (Phi) is 6.05. The van der Waals surface area contributed by atoms with Gasteiger partial charge in [0, 0.05) is 37.9 Å². The molecule has 0 amide bonds. The number of likely N-dealkylation sites (tertiary alicyclic amines) is 1. The fourth-order valence-electron chi connectivity index (χ4n) is 4.35. The van der Waals surface area contributed by atoms with Gasteiger partial charge in [0.15, 0.2) is 0 Å². The van der Waals surface area contributed by atoms with Crippen LogP contribution in [0.1, 0.15) is 39.4 Å². The summed E-state index contributed by atoms with van der Waals surface area (Å²) in [6.07, 6.45) is 0.536. The van der Waals surface area contributed by atoms with Gasteiger partial charge in [0.25, 0.3) is 0 Å². The number of hydrogen-bond acceptors (Lipinski definition) is 3. The molecule has 1 atom stereocenters. The van der Waals surface area contributed by atoms with Gasteiger partial charge in [0.05, 0.1) is 5.56 Å². The number of ketones is 1. The van der Waals surface area contributed by atoms with Crippen LogP contribution >= 0.6 is 0 Å². The topological polar surface area (TPSA) is 57.6 Å². The maximum Gasteiger partial charge on any atom is 0.335 e. The normalized spacial score (nSPS) is 17.2. The van der Waals surface area contributed by atoms with Crippen LogP contribution in [0.5, 0.6) is 0 Å². The van der Waals surface area contributed by atoms with Crippen LogP contribution in [0.3, 0.4) is 0 Å². The Hall–Kier alpha value is -3.24. The molecule has 0 aliphatic carbocycles. The van der Waals surface area contributed by atoms with Crippen LogP contribution in [0.4, 0.5) is 0 Å². The van der Waals surface area contributed by atoms with Crippen LogP contribution in [-0.4, -0.2) is 34.8 Å². The quantitative estimate of drug-likeness (QED) is 0.658. The molecule has 0 bridgehead atoms. The van der Waals surface area contributed by atoms with Crippen LogP contribution in [0.25, 0.3) is 0 Å².